The summed E-state index contributed by atoms with van der Waals surface area (Å²) in [5, 5.41) is 11.8. The lowest BCUT2D eigenvalue weighted by Crippen LogP contribution is -2.67. The fraction of sp³-hybridized carbons (Fsp3) is 0.407. The maximum absolute atomic E-state index is 9.39. The molecule has 3 atom stereocenters. The Hall–Kier alpha value is -2.02. The molecular weight excluding hydrogens is 416 g/mol. The SMILES string of the molecule is C=CCO[C@H]1O[C@H](CO[Si](c2ccccc2)(c2ccccc2)C(C)(C)C)C=C[C@@H]1CCO. The van der Waals surface area contributed by atoms with Gasteiger partial charge in [0.25, 0.3) is 8.32 Å². The molecule has 4 nitrogen and oxygen atoms in total. The maximum Gasteiger partial charge on any atom is 0.261 e. The molecule has 1 aliphatic rings. The molecule has 0 spiro atoms. The Balaban J connectivity index is 1.91. The quantitative estimate of drug-likeness (QED) is 0.437. The van der Waals surface area contributed by atoms with Gasteiger partial charge in [0.15, 0.2) is 6.29 Å². The van der Waals surface area contributed by atoms with Gasteiger partial charge < -0.3 is 19.0 Å². The fourth-order valence-corrected chi connectivity index (χ4v) is 9.02. The Kier molecular flexibility index (Phi) is 8.62. The third-order valence-corrected chi connectivity index (χ3v) is 11.0. The summed E-state index contributed by atoms with van der Waals surface area (Å²) in [6.07, 6.45) is 5.81. The molecule has 172 valence electrons. The van der Waals surface area contributed by atoms with Gasteiger partial charge in [0.05, 0.1) is 13.2 Å². The Morgan fingerprint density at radius 1 is 1.00 bits per heavy atom. The number of ether oxygens (including phenoxy) is 2. The van der Waals surface area contributed by atoms with E-state index in [1.165, 1.54) is 10.4 Å². The van der Waals surface area contributed by atoms with E-state index in [2.05, 4.69) is 82.0 Å². The smallest absolute Gasteiger partial charge is 0.261 e. The molecule has 0 aliphatic carbocycles. The summed E-state index contributed by atoms with van der Waals surface area (Å²) in [5.74, 6) is 0.0177. The van der Waals surface area contributed by atoms with E-state index in [1.807, 2.05) is 18.2 Å². The van der Waals surface area contributed by atoms with Crippen LogP contribution in [-0.4, -0.2) is 45.6 Å². The minimum absolute atomic E-state index is 0.0177. The van der Waals surface area contributed by atoms with E-state index in [0.717, 1.165) is 0 Å². The third kappa shape index (κ3) is 5.48. The predicted molar refractivity (Wildman–Crippen MR) is 133 cm³/mol. The molecule has 0 amide bonds. The van der Waals surface area contributed by atoms with Crippen molar-refractivity contribution in [3.8, 4) is 0 Å². The number of aliphatic hydroxyl groups is 1. The van der Waals surface area contributed by atoms with Crippen LogP contribution in [0, 0.1) is 5.92 Å². The van der Waals surface area contributed by atoms with Crippen molar-refractivity contribution < 1.29 is 19.0 Å². The van der Waals surface area contributed by atoms with E-state index in [-0.39, 0.29) is 23.7 Å². The van der Waals surface area contributed by atoms with Gasteiger partial charge in [-0.15, -0.1) is 6.58 Å². The number of rotatable bonds is 10. The topological polar surface area (TPSA) is 47.9 Å². The summed E-state index contributed by atoms with van der Waals surface area (Å²) in [4.78, 5) is 0. The third-order valence-electron chi connectivity index (χ3n) is 5.95. The van der Waals surface area contributed by atoms with E-state index in [9.17, 15) is 5.11 Å². The van der Waals surface area contributed by atoms with Gasteiger partial charge >= 0.3 is 0 Å². The normalized spacial score (nSPS) is 21.4. The standard InChI is InChI=1S/C27H36O4Si/c1-5-20-29-26-22(18-19-28)16-17-23(31-26)21-30-32(27(2,3)4,24-12-8-6-9-13-24)25-14-10-7-11-15-25/h5-17,22-23,26,28H,1,18-21H2,2-4H3/t22-,23+,26+/m1/s1. The van der Waals surface area contributed by atoms with Gasteiger partial charge in [0, 0.05) is 12.5 Å². The molecule has 2 aromatic carbocycles. The number of aliphatic hydroxyl groups excluding tert-OH is 1. The molecule has 0 aromatic heterocycles. The highest BCUT2D eigenvalue weighted by molar-refractivity contribution is 6.99. The Labute approximate surface area is 193 Å². The van der Waals surface area contributed by atoms with Gasteiger partial charge in [0.1, 0.15) is 6.10 Å². The zero-order chi connectivity index (χ0) is 23.0. The lowest BCUT2D eigenvalue weighted by Gasteiger charge is -2.44. The molecule has 0 radical (unpaired) electrons. The molecule has 1 heterocycles. The largest absolute Gasteiger partial charge is 0.404 e. The van der Waals surface area contributed by atoms with Gasteiger partial charge in [-0.25, -0.2) is 0 Å². The van der Waals surface area contributed by atoms with Crippen molar-refractivity contribution in [2.24, 2.45) is 5.92 Å². The first kappa shape index (κ1) is 24.6. The van der Waals surface area contributed by atoms with Gasteiger partial charge in [-0.2, -0.15) is 0 Å². The van der Waals surface area contributed by atoms with Crippen molar-refractivity contribution in [1.82, 2.24) is 0 Å². The molecule has 0 saturated carbocycles. The van der Waals surface area contributed by atoms with Crippen LogP contribution in [0.15, 0.2) is 85.5 Å². The van der Waals surface area contributed by atoms with Crippen molar-refractivity contribution in [2.45, 2.75) is 44.6 Å². The lowest BCUT2D eigenvalue weighted by atomic mass is 10.0. The molecule has 3 rings (SSSR count). The lowest BCUT2D eigenvalue weighted by molar-refractivity contribution is -0.187. The van der Waals surface area contributed by atoms with E-state index in [4.69, 9.17) is 13.9 Å². The molecule has 0 bridgehead atoms. The van der Waals surface area contributed by atoms with Gasteiger partial charge in [-0.1, -0.05) is 99.7 Å². The summed E-state index contributed by atoms with van der Waals surface area (Å²) in [6.45, 7) is 11.5. The molecule has 2 aromatic rings. The van der Waals surface area contributed by atoms with Gasteiger partial charge in [0.2, 0.25) is 0 Å². The minimum atomic E-state index is -2.62. The van der Waals surface area contributed by atoms with Crippen LogP contribution in [0.25, 0.3) is 0 Å². The van der Waals surface area contributed by atoms with Crippen LogP contribution in [0.1, 0.15) is 27.2 Å². The van der Waals surface area contributed by atoms with E-state index < -0.39 is 14.6 Å². The van der Waals surface area contributed by atoms with E-state index >= 15 is 0 Å². The monoisotopic (exact) mass is 452 g/mol. The first-order valence-corrected chi connectivity index (χ1v) is 13.3. The fourth-order valence-electron chi connectivity index (χ4n) is 4.45. The molecule has 0 unspecified atom stereocenters. The Morgan fingerprint density at radius 3 is 2.09 bits per heavy atom. The van der Waals surface area contributed by atoms with Crippen molar-refractivity contribution >= 4 is 18.7 Å². The zero-order valence-corrected chi connectivity index (χ0v) is 20.4. The van der Waals surface area contributed by atoms with Crippen LogP contribution in [-0.2, 0) is 13.9 Å². The highest BCUT2D eigenvalue weighted by Crippen LogP contribution is 2.37. The molecule has 0 saturated heterocycles. The molecule has 1 aliphatic heterocycles. The van der Waals surface area contributed by atoms with Gasteiger partial charge in [-0.05, 0) is 21.8 Å². The zero-order valence-electron chi connectivity index (χ0n) is 19.4. The Bertz CT molecular complexity index is 821. The van der Waals surface area contributed by atoms with Crippen molar-refractivity contribution in [2.75, 3.05) is 19.8 Å². The first-order chi connectivity index (χ1) is 15.4. The summed E-state index contributed by atoms with van der Waals surface area (Å²) in [6, 6.07) is 21.2. The van der Waals surface area contributed by atoms with E-state index in [1.54, 1.807) is 6.08 Å². The molecule has 5 heteroatoms. The predicted octanol–water partition coefficient (Wildman–Crippen LogP) is 4.05. The highest BCUT2D eigenvalue weighted by atomic mass is 28.4. The molecule has 0 fully saturated rings. The number of benzene rings is 2. The summed E-state index contributed by atoms with van der Waals surface area (Å²) in [7, 11) is -2.62. The number of hydrogen-bond donors (Lipinski definition) is 1. The highest BCUT2D eigenvalue weighted by Gasteiger charge is 2.50. The second-order valence-electron chi connectivity index (χ2n) is 9.20. The van der Waals surface area contributed by atoms with Gasteiger partial charge in [-0.3, -0.25) is 0 Å². The van der Waals surface area contributed by atoms with Crippen molar-refractivity contribution in [1.29, 1.82) is 0 Å². The second-order valence-corrected chi connectivity index (χ2v) is 13.5. The first-order valence-electron chi connectivity index (χ1n) is 11.3. The summed E-state index contributed by atoms with van der Waals surface area (Å²) >= 11 is 0. The Morgan fingerprint density at radius 2 is 1.59 bits per heavy atom. The van der Waals surface area contributed by atoms with Crippen LogP contribution in [0.3, 0.4) is 0 Å². The van der Waals surface area contributed by atoms with Crippen LogP contribution < -0.4 is 10.4 Å². The number of hydrogen-bond acceptors (Lipinski definition) is 4. The maximum atomic E-state index is 9.39. The average molecular weight is 453 g/mol. The van der Waals surface area contributed by atoms with Crippen molar-refractivity contribution in [3.05, 3.63) is 85.5 Å². The minimum Gasteiger partial charge on any atom is -0.404 e. The summed E-state index contributed by atoms with van der Waals surface area (Å²) < 4.78 is 19.1. The van der Waals surface area contributed by atoms with E-state index in [0.29, 0.717) is 19.6 Å². The van der Waals surface area contributed by atoms with Crippen LogP contribution in [0.5, 0.6) is 0 Å². The molecular formula is C27H36O4Si. The molecule has 32 heavy (non-hydrogen) atoms. The van der Waals surface area contributed by atoms with Crippen LogP contribution in [0.4, 0.5) is 0 Å². The van der Waals surface area contributed by atoms with Crippen LogP contribution in [0.2, 0.25) is 5.04 Å². The second kappa shape index (κ2) is 11.2. The summed E-state index contributed by atoms with van der Waals surface area (Å²) in [5.41, 5.74) is 0. The van der Waals surface area contributed by atoms with Crippen LogP contribution >= 0.6 is 0 Å². The average Bonchev–Trinajstić information content (AvgIpc) is 2.80. The van der Waals surface area contributed by atoms with Crippen molar-refractivity contribution in [3.63, 3.8) is 0 Å². The molecule has 1 N–H and O–H groups in total.